The number of thiocarbonyl (C=S) groups is 1. The second kappa shape index (κ2) is 8.50. The van der Waals surface area contributed by atoms with Crippen molar-refractivity contribution in [3.63, 3.8) is 0 Å². The Balaban J connectivity index is 1.59. The highest BCUT2D eigenvalue weighted by Gasteiger charge is 2.10. The molecule has 0 aliphatic rings. The van der Waals surface area contributed by atoms with Crippen LogP contribution in [0.2, 0.25) is 0 Å². The monoisotopic (exact) mass is 442 g/mol. The molecule has 0 saturated heterocycles. The molecular formula is C21H19BrN2O2S. The second-order valence-electron chi connectivity index (χ2n) is 6.21. The fraction of sp³-hybridized carbons (Fsp3) is 0.143. The zero-order valence-corrected chi connectivity index (χ0v) is 17.4. The molecule has 0 aliphatic carbocycles. The Morgan fingerprint density at radius 3 is 2.70 bits per heavy atom. The SMILES string of the molecule is Cc1ccc(C)c(NC(=S)NC(=O)COc2ccc3ccccc3c2Br)c1. The average Bonchev–Trinajstić information content (AvgIpc) is 2.64. The van der Waals surface area contributed by atoms with Gasteiger partial charge in [-0.25, -0.2) is 0 Å². The van der Waals surface area contributed by atoms with Gasteiger partial charge in [-0.05, 0) is 76.0 Å². The van der Waals surface area contributed by atoms with E-state index in [1.54, 1.807) is 0 Å². The number of anilines is 1. The van der Waals surface area contributed by atoms with Crippen LogP contribution < -0.4 is 15.4 Å². The summed E-state index contributed by atoms with van der Waals surface area (Å²) in [5.74, 6) is 0.287. The molecule has 0 unspecified atom stereocenters. The van der Waals surface area contributed by atoms with Crippen LogP contribution in [0.4, 0.5) is 5.69 Å². The third-order valence-corrected chi connectivity index (χ3v) is 5.10. The molecule has 6 heteroatoms. The quantitative estimate of drug-likeness (QED) is 0.551. The van der Waals surface area contributed by atoms with Crippen LogP contribution in [0.3, 0.4) is 0 Å². The number of hydrogen-bond donors (Lipinski definition) is 2. The number of hydrogen-bond acceptors (Lipinski definition) is 3. The standard InChI is InChI=1S/C21H19BrN2O2S/c1-13-7-8-14(2)17(11-13)23-21(27)24-19(25)12-26-18-10-9-15-5-3-4-6-16(15)20(18)22/h3-11H,12H2,1-2H3,(H2,23,24,25,27). The zero-order valence-electron chi connectivity index (χ0n) is 15.0. The van der Waals surface area contributed by atoms with Crippen molar-refractivity contribution in [1.82, 2.24) is 5.32 Å². The van der Waals surface area contributed by atoms with E-state index in [-0.39, 0.29) is 17.6 Å². The van der Waals surface area contributed by atoms with Gasteiger partial charge in [0.05, 0.1) is 4.47 Å². The number of halogens is 1. The lowest BCUT2D eigenvalue weighted by Gasteiger charge is -2.13. The normalized spacial score (nSPS) is 10.5. The van der Waals surface area contributed by atoms with Crippen LogP contribution in [0.15, 0.2) is 59.1 Å². The number of nitrogens with one attached hydrogen (secondary N) is 2. The summed E-state index contributed by atoms with van der Waals surface area (Å²) in [5.41, 5.74) is 3.04. The number of aryl methyl sites for hydroxylation is 2. The molecule has 3 aromatic carbocycles. The van der Waals surface area contributed by atoms with E-state index in [4.69, 9.17) is 17.0 Å². The first kappa shape index (κ1) is 19.3. The largest absolute Gasteiger partial charge is 0.483 e. The predicted molar refractivity (Wildman–Crippen MR) is 117 cm³/mol. The van der Waals surface area contributed by atoms with Crippen LogP contribution in [0.5, 0.6) is 5.75 Å². The Bertz CT molecular complexity index is 1020. The maximum atomic E-state index is 12.2. The van der Waals surface area contributed by atoms with Crippen molar-refractivity contribution in [3.8, 4) is 5.75 Å². The van der Waals surface area contributed by atoms with Crippen LogP contribution in [-0.4, -0.2) is 17.6 Å². The molecule has 138 valence electrons. The van der Waals surface area contributed by atoms with E-state index < -0.39 is 0 Å². The van der Waals surface area contributed by atoms with Gasteiger partial charge in [0.2, 0.25) is 0 Å². The summed E-state index contributed by atoms with van der Waals surface area (Å²) >= 11 is 8.77. The average molecular weight is 443 g/mol. The Kier molecular flexibility index (Phi) is 6.08. The first-order valence-electron chi connectivity index (χ1n) is 8.42. The van der Waals surface area contributed by atoms with Crippen LogP contribution >= 0.6 is 28.1 Å². The smallest absolute Gasteiger partial charge is 0.264 e. The highest BCUT2D eigenvalue weighted by atomic mass is 79.9. The first-order chi connectivity index (χ1) is 12.9. The van der Waals surface area contributed by atoms with Crippen molar-refractivity contribution < 1.29 is 9.53 Å². The van der Waals surface area contributed by atoms with Gasteiger partial charge in [0.1, 0.15) is 5.75 Å². The molecule has 27 heavy (non-hydrogen) atoms. The minimum Gasteiger partial charge on any atom is -0.483 e. The van der Waals surface area contributed by atoms with E-state index >= 15 is 0 Å². The van der Waals surface area contributed by atoms with Gasteiger partial charge in [-0.2, -0.15) is 0 Å². The van der Waals surface area contributed by atoms with Crippen molar-refractivity contribution >= 4 is 55.6 Å². The van der Waals surface area contributed by atoms with Crippen LogP contribution in [-0.2, 0) is 4.79 Å². The molecule has 2 N–H and O–H groups in total. The molecule has 4 nitrogen and oxygen atoms in total. The van der Waals surface area contributed by atoms with Gasteiger partial charge in [-0.1, -0.05) is 42.5 Å². The van der Waals surface area contributed by atoms with E-state index in [0.717, 1.165) is 32.1 Å². The third kappa shape index (κ3) is 4.84. The summed E-state index contributed by atoms with van der Waals surface area (Å²) < 4.78 is 6.48. The lowest BCUT2D eigenvalue weighted by atomic mass is 10.1. The molecule has 3 rings (SSSR count). The summed E-state index contributed by atoms with van der Waals surface area (Å²) in [6, 6.07) is 17.8. The van der Waals surface area contributed by atoms with Crippen LogP contribution in [0.25, 0.3) is 10.8 Å². The first-order valence-corrected chi connectivity index (χ1v) is 9.62. The summed E-state index contributed by atoms with van der Waals surface area (Å²) in [7, 11) is 0. The molecule has 0 radical (unpaired) electrons. The van der Waals surface area contributed by atoms with Gasteiger partial charge >= 0.3 is 0 Å². The molecule has 0 aliphatic heterocycles. The van der Waals surface area contributed by atoms with E-state index in [1.807, 2.05) is 68.4 Å². The van der Waals surface area contributed by atoms with Crippen LogP contribution in [0, 0.1) is 13.8 Å². The van der Waals surface area contributed by atoms with Gasteiger partial charge in [0.15, 0.2) is 11.7 Å². The van der Waals surface area contributed by atoms with E-state index in [2.05, 4.69) is 26.6 Å². The van der Waals surface area contributed by atoms with Gasteiger partial charge in [0.25, 0.3) is 5.91 Å². The molecule has 0 saturated carbocycles. The number of benzene rings is 3. The lowest BCUT2D eigenvalue weighted by molar-refractivity contribution is -0.121. The summed E-state index contributed by atoms with van der Waals surface area (Å²) in [6.45, 7) is 3.85. The van der Waals surface area contributed by atoms with Crippen molar-refractivity contribution in [3.05, 3.63) is 70.2 Å². The number of fused-ring (bicyclic) bond motifs is 1. The predicted octanol–water partition coefficient (Wildman–Crippen LogP) is 5.11. The maximum absolute atomic E-state index is 12.2. The number of carbonyl (C=O) groups excluding carboxylic acids is 1. The second-order valence-corrected chi connectivity index (χ2v) is 7.41. The van der Waals surface area contributed by atoms with Gasteiger partial charge < -0.3 is 10.1 Å². The Morgan fingerprint density at radius 2 is 1.89 bits per heavy atom. The van der Waals surface area contributed by atoms with Gasteiger partial charge in [-0.3, -0.25) is 10.1 Å². The molecule has 0 aromatic heterocycles. The minimum atomic E-state index is -0.321. The molecule has 0 atom stereocenters. The van der Waals surface area contributed by atoms with Gasteiger partial charge in [0, 0.05) is 5.69 Å². The van der Waals surface area contributed by atoms with Crippen molar-refractivity contribution in [1.29, 1.82) is 0 Å². The van der Waals surface area contributed by atoms with E-state index in [1.165, 1.54) is 0 Å². The van der Waals surface area contributed by atoms with Crippen molar-refractivity contribution in [2.45, 2.75) is 13.8 Å². The Morgan fingerprint density at radius 1 is 1.11 bits per heavy atom. The fourth-order valence-electron chi connectivity index (χ4n) is 2.66. The topological polar surface area (TPSA) is 50.4 Å². The number of ether oxygens (including phenoxy) is 1. The zero-order chi connectivity index (χ0) is 19.4. The molecule has 0 fully saturated rings. The summed E-state index contributed by atoms with van der Waals surface area (Å²) in [5, 5.41) is 8.07. The van der Waals surface area contributed by atoms with E-state index in [9.17, 15) is 4.79 Å². The minimum absolute atomic E-state index is 0.133. The molecule has 1 amide bonds. The number of carbonyl (C=O) groups is 1. The third-order valence-electron chi connectivity index (χ3n) is 4.08. The maximum Gasteiger partial charge on any atom is 0.264 e. The highest BCUT2D eigenvalue weighted by Crippen LogP contribution is 2.32. The lowest BCUT2D eigenvalue weighted by Crippen LogP contribution is -2.37. The van der Waals surface area contributed by atoms with Crippen LogP contribution in [0.1, 0.15) is 11.1 Å². The Labute approximate surface area is 172 Å². The molecule has 0 heterocycles. The van der Waals surface area contributed by atoms with Crippen molar-refractivity contribution in [2.24, 2.45) is 0 Å². The highest BCUT2D eigenvalue weighted by molar-refractivity contribution is 9.10. The number of rotatable bonds is 4. The van der Waals surface area contributed by atoms with Crippen molar-refractivity contribution in [2.75, 3.05) is 11.9 Å². The number of amides is 1. The summed E-state index contributed by atoms with van der Waals surface area (Å²) in [4.78, 5) is 12.2. The fourth-order valence-corrected chi connectivity index (χ4v) is 3.49. The van der Waals surface area contributed by atoms with Gasteiger partial charge in [-0.15, -0.1) is 0 Å². The summed E-state index contributed by atoms with van der Waals surface area (Å²) in [6.07, 6.45) is 0. The van der Waals surface area contributed by atoms with E-state index in [0.29, 0.717) is 5.75 Å². The molecule has 0 spiro atoms. The molecule has 0 bridgehead atoms. The molecular weight excluding hydrogens is 424 g/mol. The molecule has 3 aromatic rings. The Hall–Kier alpha value is -2.44.